The molecule has 0 radical (unpaired) electrons. The molecule has 0 spiro atoms. The highest BCUT2D eigenvalue weighted by Gasteiger charge is 2.42. The summed E-state index contributed by atoms with van der Waals surface area (Å²) in [4.78, 5) is 13.7. The van der Waals surface area contributed by atoms with E-state index in [2.05, 4.69) is 31.1 Å². The van der Waals surface area contributed by atoms with Crippen LogP contribution in [-0.4, -0.2) is 48.2 Å². The zero-order chi connectivity index (χ0) is 13.1. The minimum Gasteiger partial charge on any atom is -0.480 e. The molecule has 1 aliphatic rings. The molecule has 0 bridgehead atoms. The van der Waals surface area contributed by atoms with Crippen LogP contribution >= 0.6 is 0 Å². The molecule has 1 fully saturated rings. The molecular weight excluding hydrogens is 216 g/mol. The van der Waals surface area contributed by atoms with Crippen LogP contribution < -0.4 is 5.32 Å². The Labute approximate surface area is 104 Å². The van der Waals surface area contributed by atoms with E-state index in [0.717, 1.165) is 25.8 Å². The maximum Gasteiger partial charge on any atom is 0.323 e. The predicted molar refractivity (Wildman–Crippen MR) is 69.2 cm³/mol. The van der Waals surface area contributed by atoms with Crippen LogP contribution in [-0.2, 0) is 4.79 Å². The molecule has 0 amide bonds. The van der Waals surface area contributed by atoms with Crippen LogP contribution in [0.25, 0.3) is 0 Å². The van der Waals surface area contributed by atoms with Crippen LogP contribution in [0.4, 0.5) is 0 Å². The van der Waals surface area contributed by atoms with Gasteiger partial charge in [-0.2, -0.15) is 0 Å². The van der Waals surface area contributed by atoms with E-state index in [4.69, 9.17) is 0 Å². The molecule has 2 N–H and O–H groups in total. The summed E-state index contributed by atoms with van der Waals surface area (Å²) in [5.74, 6) is -0.0848. The van der Waals surface area contributed by atoms with E-state index in [0.29, 0.717) is 18.4 Å². The lowest BCUT2D eigenvalue weighted by atomic mass is 9.78. The second kappa shape index (κ2) is 5.83. The van der Waals surface area contributed by atoms with Crippen LogP contribution in [0.2, 0.25) is 0 Å². The maximum atomic E-state index is 11.4. The number of nitrogens with one attached hydrogen (secondary N) is 1. The zero-order valence-electron chi connectivity index (χ0n) is 11.5. The first-order valence-corrected chi connectivity index (χ1v) is 6.54. The Morgan fingerprint density at radius 1 is 1.59 bits per heavy atom. The number of aliphatic carboxylic acids is 1. The van der Waals surface area contributed by atoms with Crippen LogP contribution in [0.1, 0.15) is 39.5 Å². The quantitative estimate of drug-likeness (QED) is 0.768. The summed E-state index contributed by atoms with van der Waals surface area (Å²) in [5, 5.41) is 12.4. The molecule has 1 rings (SSSR count). The van der Waals surface area contributed by atoms with E-state index < -0.39 is 11.5 Å². The molecule has 4 nitrogen and oxygen atoms in total. The van der Waals surface area contributed by atoms with Gasteiger partial charge in [0.2, 0.25) is 0 Å². The van der Waals surface area contributed by atoms with Gasteiger partial charge in [-0.25, -0.2) is 0 Å². The Kier molecular flexibility index (Phi) is 4.95. The van der Waals surface area contributed by atoms with Gasteiger partial charge in [0.1, 0.15) is 5.54 Å². The smallest absolute Gasteiger partial charge is 0.323 e. The second-order valence-electron chi connectivity index (χ2n) is 5.72. The van der Waals surface area contributed by atoms with Crippen molar-refractivity contribution in [2.75, 3.05) is 20.6 Å². The lowest BCUT2D eigenvalue weighted by molar-refractivity contribution is -0.147. The van der Waals surface area contributed by atoms with Gasteiger partial charge in [0.25, 0.3) is 0 Å². The van der Waals surface area contributed by atoms with E-state index >= 15 is 0 Å². The van der Waals surface area contributed by atoms with Gasteiger partial charge in [-0.1, -0.05) is 13.8 Å². The molecule has 1 saturated carbocycles. The van der Waals surface area contributed by atoms with Gasteiger partial charge in [-0.3, -0.25) is 4.79 Å². The fourth-order valence-electron chi connectivity index (χ4n) is 2.88. The average molecular weight is 242 g/mol. The van der Waals surface area contributed by atoms with Gasteiger partial charge >= 0.3 is 5.97 Å². The molecule has 2 unspecified atom stereocenters. The number of carbonyl (C=O) groups is 1. The minimum atomic E-state index is -0.714. The van der Waals surface area contributed by atoms with Gasteiger partial charge in [-0.05, 0) is 45.7 Å². The third-order valence-electron chi connectivity index (χ3n) is 3.89. The van der Waals surface area contributed by atoms with Gasteiger partial charge < -0.3 is 15.3 Å². The molecular formula is C13H26N2O2. The standard InChI is InChI=1S/C13H26N2O2/c1-10(2)9-15(4)11-6-5-7-13(8-11,14-3)12(16)17/h10-11,14H,5-9H2,1-4H3,(H,16,17). The molecule has 17 heavy (non-hydrogen) atoms. The van der Waals surface area contributed by atoms with E-state index in [9.17, 15) is 9.90 Å². The van der Waals surface area contributed by atoms with Crippen molar-refractivity contribution in [1.82, 2.24) is 10.2 Å². The summed E-state index contributed by atoms with van der Waals surface area (Å²) in [6, 6.07) is 0.384. The highest BCUT2D eigenvalue weighted by Crippen LogP contribution is 2.31. The Balaban J connectivity index is 2.68. The van der Waals surface area contributed by atoms with Crippen molar-refractivity contribution in [1.29, 1.82) is 0 Å². The number of carboxylic acids is 1. The molecule has 0 aromatic heterocycles. The summed E-state index contributed by atoms with van der Waals surface area (Å²) in [5.41, 5.74) is -0.714. The average Bonchev–Trinajstić information content (AvgIpc) is 2.28. The number of nitrogens with zero attached hydrogens (tertiary/aromatic N) is 1. The van der Waals surface area contributed by atoms with E-state index in [1.54, 1.807) is 7.05 Å². The van der Waals surface area contributed by atoms with Gasteiger partial charge in [0, 0.05) is 12.6 Å². The number of hydrogen-bond donors (Lipinski definition) is 2. The molecule has 0 aliphatic heterocycles. The van der Waals surface area contributed by atoms with Gasteiger partial charge in [0.05, 0.1) is 0 Å². The van der Waals surface area contributed by atoms with Crippen molar-refractivity contribution in [3.8, 4) is 0 Å². The normalized spacial score (nSPS) is 29.9. The lowest BCUT2D eigenvalue weighted by Gasteiger charge is -2.41. The fourth-order valence-corrected chi connectivity index (χ4v) is 2.88. The van der Waals surface area contributed by atoms with Crippen LogP contribution in [0.5, 0.6) is 0 Å². The summed E-state index contributed by atoms with van der Waals surface area (Å²) in [6.07, 6.45) is 3.55. The van der Waals surface area contributed by atoms with Crippen LogP contribution in [0.15, 0.2) is 0 Å². The summed E-state index contributed by atoms with van der Waals surface area (Å²) in [7, 11) is 3.87. The summed E-state index contributed by atoms with van der Waals surface area (Å²) in [6.45, 7) is 5.42. The SMILES string of the molecule is CNC1(C(=O)O)CCCC(N(C)CC(C)C)C1. The van der Waals surface area contributed by atoms with E-state index in [1.807, 2.05) is 0 Å². The zero-order valence-corrected chi connectivity index (χ0v) is 11.5. The van der Waals surface area contributed by atoms with Crippen molar-refractivity contribution in [3.05, 3.63) is 0 Å². The molecule has 4 heteroatoms. The monoisotopic (exact) mass is 242 g/mol. The van der Waals surface area contributed by atoms with Crippen molar-refractivity contribution >= 4 is 5.97 Å². The molecule has 1 aliphatic carbocycles. The van der Waals surface area contributed by atoms with E-state index in [1.165, 1.54) is 0 Å². The van der Waals surface area contributed by atoms with Crippen LogP contribution in [0, 0.1) is 5.92 Å². The molecule has 0 aromatic rings. The largest absolute Gasteiger partial charge is 0.480 e. The van der Waals surface area contributed by atoms with Crippen molar-refractivity contribution in [2.45, 2.75) is 51.1 Å². The third-order valence-corrected chi connectivity index (χ3v) is 3.89. The van der Waals surface area contributed by atoms with Crippen molar-refractivity contribution < 1.29 is 9.90 Å². The topological polar surface area (TPSA) is 52.6 Å². The first-order valence-electron chi connectivity index (χ1n) is 6.54. The molecule has 0 saturated heterocycles. The Morgan fingerprint density at radius 3 is 2.71 bits per heavy atom. The lowest BCUT2D eigenvalue weighted by Crippen LogP contribution is -2.57. The third kappa shape index (κ3) is 3.42. The van der Waals surface area contributed by atoms with Gasteiger partial charge in [0.15, 0.2) is 0 Å². The molecule has 0 aromatic carbocycles. The number of likely N-dealkylation sites (N-methyl/N-ethyl adjacent to an activating group) is 1. The van der Waals surface area contributed by atoms with Crippen molar-refractivity contribution in [2.24, 2.45) is 5.92 Å². The highest BCUT2D eigenvalue weighted by molar-refractivity contribution is 5.79. The van der Waals surface area contributed by atoms with E-state index in [-0.39, 0.29) is 0 Å². The minimum absolute atomic E-state index is 0.384. The van der Waals surface area contributed by atoms with Crippen LogP contribution in [0.3, 0.4) is 0 Å². The molecule has 2 atom stereocenters. The first-order chi connectivity index (χ1) is 7.91. The van der Waals surface area contributed by atoms with Gasteiger partial charge in [-0.15, -0.1) is 0 Å². The number of rotatable bonds is 5. The Bertz CT molecular complexity index is 268. The first kappa shape index (κ1) is 14.5. The van der Waals surface area contributed by atoms with Crippen molar-refractivity contribution in [3.63, 3.8) is 0 Å². The Hall–Kier alpha value is -0.610. The maximum absolute atomic E-state index is 11.4. The summed E-state index contributed by atoms with van der Waals surface area (Å²) < 4.78 is 0. The fraction of sp³-hybridized carbons (Fsp3) is 0.923. The second-order valence-corrected chi connectivity index (χ2v) is 5.72. The highest BCUT2D eigenvalue weighted by atomic mass is 16.4. The number of hydrogen-bond acceptors (Lipinski definition) is 3. The molecule has 100 valence electrons. The number of carboxylic acid groups (broad SMARTS) is 1. The molecule has 0 heterocycles. The predicted octanol–water partition coefficient (Wildman–Crippen LogP) is 1.56. The summed E-state index contributed by atoms with van der Waals surface area (Å²) >= 11 is 0. The Morgan fingerprint density at radius 2 is 2.24 bits per heavy atom.